The van der Waals surface area contributed by atoms with Crippen molar-refractivity contribution in [3.8, 4) is 11.8 Å². The quantitative estimate of drug-likeness (QED) is 0.547. The van der Waals surface area contributed by atoms with Crippen LogP contribution in [0.15, 0.2) is 18.2 Å². The molecule has 1 aromatic carbocycles. The Hall–Kier alpha value is -1.66. The molecule has 1 rings (SSSR count). The number of nitrogen functional groups attached to an aromatic ring is 1. The summed E-state index contributed by atoms with van der Waals surface area (Å²) in [6.45, 7) is 0. The van der Waals surface area contributed by atoms with Crippen molar-refractivity contribution in [2.75, 3.05) is 5.73 Å². The number of carbonyl (C=O) groups is 1. The molecule has 0 atom stereocenters. The lowest BCUT2D eigenvalue weighted by Gasteiger charge is -1.98. The first-order valence-electron chi connectivity index (χ1n) is 3.86. The fourth-order valence-electron chi connectivity index (χ4n) is 0.881. The van der Waals surface area contributed by atoms with E-state index >= 15 is 0 Å². The summed E-state index contributed by atoms with van der Waals surface area (Å²) in [5, 5.41) is 8.80. The number of hydrogen-bond acceptors (Lipinski definition) is 2. The van der Waals surface area contributed by atoms with Gasteiger partial charge in [0.25, 0.3) is 0 Å². The number of rotatable bonds is 1. The van der Waals surface area contributed by atoms with E-state index in [2.05, 4.69) is 11.8 Å². The Kier molecular flexibility index (Phi) is 3.38. The van der Waals surface area contributed by atoms with Crippen molar-refractivity contribution in [2.45, 2.75) is 6.42 Å². The van der Waals surface area contributed by atoms with E-state index in [1.54, 1.807) is 18.2 Å². The zero-order valence-electron chi connectivity index (χ0n) is 7.25. The van der Waals surface area contributed by atoms with Gasteiger partial charge in [0.15, 0.2) is 0 Å². The Morgan fingerprint density at radius 2 is 2.29 bits per heavy atom. The maximum atomic E-state index is 10.2. The summed E-state index contributed by atoms with van der Waals surface area (Å²) in [4.78, 5) is 10.2. The molecular formula is C10H8ClNO2. The maximum absolute atomic E-state index is 10.2. The molecule has 0 spiro atoms. The van der Waals surface area contributed by atoms with Gasteiger partial charge in [-0.1, -0.05) is 29.5 Å². The highest BCUT2D eigenvalue weighted by Gasteiger charge is 2.00. The summed E-state index contributed by atoms with van der Waals surface area (Å²) >= 11 is 5.81. The highest BCUT2D eigenvalue weighted by Crippen LogP contribution is 2.20. The van der Waals surface area contributed by atoms with Crippen LogP contribution in [-0.2, 0) is 4.79 Å². The molecule has 14 heavy (non-hydrogen) atoms. The van der Waals surface area contributed by atoms with E-state index in [9.17, 15) is 4.79 Å². The highest BCUT2D eigenvalue weighted by molar-refractivity contribution is 6.32. The molecule has 0 aliphatic rings. The lowest BCUT2D eigenvalue weighted by Crippen LogP contribution is -1.92. The van der Waals surface area contributed by atoms with Gasteiger partial charge in [-0.3, -0.25) is 4.79 Å². The number of nitrogens with two attached hydrogens (primary N) is 1. The molecular weight excluding hydrogens is 202 g/mol. The lowest BCUT2D eigenvalue weighted by molar-refractivity contribution is -0.135. The predicted octanol–water partition coefficient (Wildman–Crippen LogP) is 1.75. The average molecular weight is 210 g/mol. The Labute approximate surface area is 86.5 Å². The normalized spacial score (nSPS) is 8.93. The molecule has 0 radical (unpaired) electrons. The van der Waals surface area contributed by atoms with Gasteiger partial charge in [0.2, 0.25) is 0 Å². The van der Waals surface area contributed by atoms with Crippen molar-refractivity contribution in [2.24, 2.45) is 0 Å². The molecule has 1 aromatic rings. The van der Waals surface area contributed by atoms with Crippen LogP contribution in [0.2, 0.25) is 5.02 Å². The molecule has 0 aliphatic heterocycles. The SMILES string of the molecule is Nc1cccc(Cl)c1C#CCC(=O)O. The van der Waals surface area contributed by atoms with Crippen molar-refractivity contribution < 1.29 is 9.90 Å². The summed E-state index contributed by atoms with van der Waals surface area (Å²) in [5.41, 5.74) is 6.54. The van der Waals surface area contributed by atoms with E-state index in [-0.39, 0.29) is 6.42 Å². The lowest BCUT2D eigenvalue weighted by atomic mass is 10.2. The third-order valence-corrected chi connectivity index (χ3v) is 1.81. The molecule has 0 bridgehead atoms. The van der Waals surface area contributed by atoms with Crippen molar-refractivity contribution >= 4 is 23.3 Å². The molecule has 0 fully saturated rings. The number of carboxylic acids is 1. The van der Waals surface area contributed by atoms with Gasteiger partial charge in [-0.2, -0.15) is 0 Å². The van der Waals surface area contributed by atoms with Gasteiger partial charge in [-0.25, -0.2) is 0 Å². The maximum Gasteiger partial charge on any atom is 0.315 e. The monoisotopic (exact) mass is 209 g/mol. The summed E-state index contributed by atoms with van der Waals surface area (Å²) in [5.74, 6) is 4.12. The Morgan fingerprint density at radius 3 is 2.86 bits per heavy atom. The molecule has 3 N–H and O–H groups in total. The molecule has 0 saturated heterocycles. The Morgan fingerprint density at radius 1 is 1.57 bits per heavy atom. The van der Waals surface area contributed by atoms with Gasteiger partial charge >= 0.3 is 5.97 Å². The number of aliphatic carboxylic acids is 1. The first-order chi connectivity index (χ1) is 6.61. The molecule has 0 aromatic heterocycles. The predicted molar refractivity (Wildman–Crippen MR) is 55.0 cm³/mol. The van der Waals surface area contributed by atoms with E-state index in [4.69, 9.17) is 22.4 Å². The number of anilines is 1. The second kappa shape index (κ2) is 4.54. The van der Waals surface area contributed by atoms with Gasteiger partial charge in [0.1, 0.15) is 6.42 Å². The van der Waals surface area contributed by atoms with Gasteiger partial charge in [-0.05, 0) is 12.1 Å². The van der Waals surface area contributed by atoms with E-state index < -0.39 is 5.97 Å². The zero-order valence-corrected chi connectivity index (χ0v) is 8.01. The van der Waals surface area contributed by atoms with Crippen LogP contribution < -0.4 is 5.73 Å². The topological polar surface area (TPSA) is 63.3 Å². The van der Waals surface area contributed by atoms with Crippen LogP contribution in [0, 0.1) is 11.8 Å². The third kappa shape index (κ3) is 2.68. The van der Waals surface area contributed by atoms with E-state index in [0.717, 1.165) is 0 Å². The molecule has 0 saturated carbocycles. The molecule has 0 aliphatic carbocycles. The minimum Gasteiger partial charge on any atom is -0.481 e. The van der Waals surface area contributed by atoms with Crippen LogP contribution in [0.25, 0.3) is 0 Å². The van der Waals surface area contributed by atoms with Crippen molar-refractivity contribution in [3.63, 3.8) is 0 Å². The van der Waals surface area contributed by atoms with Gasteiger partial charge in [0, 0.05) is 5.69 Å². The average Bonchev–Trinajstić information content (AvgIpc) is 2.09. The van der Waals surface area contributed by atoms with Crippen LogP contribution in [0.4, 0.5) is 5.69 Å². The van der Waals surface area contributed by atoms with Crippen LogP contribution in [0.5, 0.6) is 0 Å². The minimum atomic E-state index is -0.969. The summed E-state index contributed by atoms with van der Waals surface area (Å²) in [6, 6.07) is 5.03. The first kappa shape index (κ1) is 10.4. The molecule has 72 valence electrons. The van der Waals surface area contributed by atoms with Crippen LogP contribution in [0.1, 0.15) is 12.0 Å². The molecule has 3 nitrogen and oxygen atoms in total. The van der Waals surface area contributed by atoms with Gasteiger partial charge in [0.05, 0.1) is 10.6 Å². The number of halogens is 1. The molecule has 0 unspecified atom stereocenters. The fourth-order valence-corrected chi connectivity index (χ4v) is 1.11. The number of benzene rings is 1. The van der Waals surface area contributed by atoms with Crippen molar-refractivity contribution in [3.05, 3.63) is 28.8 Å². The van der Waals surface area contributed by atoms with E-state index in [0.29, 0.717) is 16.3 Å². The summed E-state index contributed by atoms with van der Waals surface area (Å²) in [7, 11) is 0. The van der Waals surface area contributed by atoms with Crippen LogP contribution in [-0.4, -0.2) is 11.1 Å². The molecule has 4 heteroatoms. The smallest absolute Gasteiger partial charge is 0.315 e. The zero-order chi connectivity index (χ0) is 10.6. The third-order valence-electron chi connectivity index (χ3n) is 1.50. The Bertz CT molecular complexity index is 398. The largest absolute Gasteiger partial charge is 0.481 e. The van der Waals surface area contributed by atoms with Gasteiger partial charge in [-0.15, -0.1) is 0 Å². The second-order valence-corrected chi connectivity index (χ2v) is 2.98. The second-order valence-electron chi connectivity index (χ2n) is 2.58. The van der Waals surface area contributed by atoms with E-state index in [1.807, 2.05) is 0 Å². The van der Waals surface area contributed by atoms with Crippen LogP contribution >= 0.6 is 11.6 Å². The van der Waals surface area contributed by atoms with Gasteiger partial charge < -0.3 is 10.8 Å². The van der Waals surface area contributed by atoms with Crippen molar-refractivity contribution in [1.82, 2.24) is 0 Å². The summed E-state index contributed by atoms with van der Waals surface area (Å²) < 4.78 is 0. The molecule has 0 amide bonds. The first-order valence-corrected chi connectivity index (χ1v) is 4.23. The number of hydrogen-bond donors (Lipinski definition) is 2. The van der Waals surface area contributed by atoms with Crippen LogP contribution in [0.3, 0.4) is 0 Å². The Balaban J connectivity index is 2.94. The fraction of sp³-hybridized carbons (Fsp3) is 0.100. The standard InChI is InChI=1S/C10H8ClNO2/c11-8-4-2-5-9(12)7(8)3-1-6-10(13)14/h2,4-5H,6,12H2,(H,13,14). The highest BCUT2D eigenvalue weighted by atomic mass is 35.5. The van der Waals surface area contributed by atoms with E-state index in [1.165, 1.54) is 0 Å². The van der Waals surface area contributed by atoms with Crippen molar-refractivity contribution in [1.29, 1.82) is 0 Å². The minimum absolute atomic E-state index is 0.218. The number of carboxylic acid groups (broad SMARTS) is 1. The molecule has 0 heterocycles. The summed E-state index contributed by atoms with van der Waals surface area (Å²) in [6.07, 6.45) is -0.218.